The van der Waals surface area contributed by atoms with Crippen LogP contribution in [0.2, 0.25) is 0 Å². The highest BCUT2D eigenvalue weighted by Gasteiger charge is 2.68. The number of aromatic carboxylic acids is 1. The van der Waals surface area contributed by atoms with Crippen LogP contribution in [0.4, 0.5) is 0 Å². The average Bonchev–Trinajstić information content (AvgIpc) is 2.73. The molecule has 4 aliphatic heterocycles. The number of hydrogen-bond donors (Lipinski definition) is 1. The van der Waals surface area contributed by atoms with Crippen LogP contribution in [0.15, 0.2) is 24.3 Å². The largest absolute Gasteiger partial charge is 0.478 e. The van der Waals surface area contributed by atoms with Gasteiger partial charge in [0.15, 0.2) is 18.2 Å². The number of carbonyl (C=O) groups is 1. The minimum Gasteiger partial charge on any atom is -0.478 e. The SMILES string of the molecule is C[C@H]1[C@H](OCc2ccc(C(=O)O)cc2)O[C@@H]2O[C@]3(C)CCC[C@H]4[C@H](C)CC[C@@H]1[C@@]24OO3. The Morgan fingerprint density at radius 3 is 2.65 bits per heavy atom. The van der Waals surface area contributed by atoms with Gasteiger partial charge in [-0.2, -0.15) is 0 Å². The number of carboxylic acid groups (broad SMARTS) is 1. The molecule has 8 atom stereocenters. The molecule has 5 aliphatic rings. The number of ether oxygens (including phenoxy) is 3. The zero-order valence-electron chi connectivity index (χ0n) is 18.4. The molecule has 0 amide bonds. The van der Waals surface area contributed by atoms with Gasteiger partial charge < -0.3 is 19.3 Å². The van der Waals surface area contributed by atoms with E-state index < -0.39 is 29.9 Å². The topological polar surface area (TPSA) is 83.5 Å². The van der Waals surface area contributed by atoms with Gasteiger partial charge in [0.2, 0.25) is 5.79 Å². The molecule has 2 bridgehead atoms. The van der Waals surface area contributed by atoms with E-state index in [-0.39, 0.29) is 17.4 Å². The van der Waals surface area contributed by atoms with E-state index >= 15 is 0 Å². The predicted molar refractivity (Wildman–Crippen MR) is 110 cm³/mol. The Balaban J connectivity index is 1.37. The second-order valence-corrected chi connectivity index (χ2v) is 9.94. The molecule has 6 rings (SSSR count). The van der Waals surface area contributed by atoms with Crippen molar-refractivity contribution in [1.29, 1.82) is 0 Å². The lowest BCUT2D eigenvalue weighted by Crippen LogP contribution is -2.73. The van der Waals surface area contributed by atoms with Crippen LogP contribution in [0.3, 0.4) is 0 Å². The summed E-state index contributed by atoms with van der Waals surface area (Å²) in [7, 11) is 0. The summed E-state index contributed by atoms with van der Waals surface area (Å²) in [6, 6.07) is 6.75. The van der Waals surface area contributed by atoms with Crippen molar-refractivity contribution in [1.82, 2.24) is 0 Å². The molecule has 31 heavy (non-hydrogen) atoms. The van der Waals surface area contributed by atoms with Crippen molar-refractivity contribution >= 4 is 5.97 Å². The van der Waals surface area contributed by atoms with Crippen molar-refractivity contribution in [2.45, 2.75) is 83.5 Å². The Morgan fingerprint density at radius 1 is 1.13 bits per heavy atom. The molecule has 1 aromatic rings. The summed E-state index contributed by atoms with van der Waals surface area (Å²) in [5.41, 5.74) is 0.572. The average molecular weight is 433 g/mol. The fourth-order valence-corrected chi connectivity index (χ4v) is 6.21. The summed E-state index contributed by atoms with van der Waals surface area (Å²) in [6.45, 7) is 6.73. The van der Waals surface area contributed by atoms with Crippen LogP contribution in [-0.2, 0) is 30.6 Å². The lowest BCUT2D eigenvalue weighted by Gasteiger charge is -2.63. The maximum atomic E-state index is 11.1. The van der Waals surface area contributed by atoms with Gasteiger partial charge in [0.1, 0.15) is 0 Å². The highest BCUT2D eigenvalue weighted by molar-refractivity contribution is 5.87. The maximum absolute atomic E-state index is 11.1. The van der Waals surface area contributed by atoms with Crippen LogP contribution in [0.5, 0.6) is 0 Å². The smallest absolute Gasteiger partial charge is 0.335 e. The first-order valence-electron chi connectivity index (χ1n) is 11.5. The molecule has 170 valence electrons. The molecule has 1 aliphatic carbocycles. The first-order chi connectivity index (χ1) is 14.8. The summed E-state index contributed by atoms with van der Waals surface area (Å²) >= 11 is 0. The molecule has 7 heteroatoms. The summed E-state index contributed by atoms with van der Waals surface area (Å²) in [5.74, 6) is -0.558. The third kappa shape index (κ3) is 3.51. The van der Waals surface area contributed by atoms with E-state index in [1.165, 1.54) is 0 Å². The molecular formula is C24H32O7. The highest BCUT2D eigenvalue weighted by atomic mass is 17.3. The molecule has 1 aromatic carbocycles. The van der Waals surface area contributed by atoms with Gasteiger partial charge >= 0.3 is 5.97 Å². The fraction of sp³-hybridized carbons (Fsp3) is 0.708. The molecule has 0 unspecified atom stereocenters. The molecule has 1 saturated carbocycles. The molecule has 1 spiro atoms. The van der Waals surface area contributed by atoms with Crippen molar-refractivity contribution < 1.29 is 33.9 Å². The summed E-state index contributed by atoms with van der Waals surface area (Å²) < 4.78 is 19.1. The lowest BCUT2D eigenvalue weighted by molar-refractivity contribution is -0.591. The first-order valence-corrected chi connectivity index (χ1v) is 11.5. The summed E-state index contributed by atoms with van der Waals surface area (Å²) in [6.07, 6.45) is 4.13. The molecule has 4 heterocycles. The van der Waals surface area contributed by atoms with Gasteiger partial charge in [-0.15, -0.1) is 0 Å². The zero-order chi connectivity index (χ0) is 21.8. The summed E-state index contributed by atoms with van der Waals surface area (Å²) in [4.78, 5) is 23.2. The van der Waals surface area contributed by atoms with E-state index in [2.05, 4.69) is 13.8 Å². The van der Waals surface area contributed by atoms with Gasteiger partial charge in [0.05, 0.1) is 12.2 Å². The molecule has 0 radical (unpaired) electrons. The third-order valence-electron chi connectivity index (χ3n) is 7.95. The Kier molecular flexibility index (Phi) is 5.38. The van der Waals surface area contributed by atoms with Crippen LogP contribution in [0.1, 0.15) is 68.8 Å². The Hall–Kier alpha value is -1.51. The summed E-state index contributed by atoms with van der Waals surface area (Å²) in [5, 5.41) is 9.08. The molecule has 7 nitrogen and oxygen atoms in total. The standard InChI is InChI=1S/C24H32O7/c1-14-6-11-19-15(2)21(27-13-16-7-9-17(10-8-16)20(25)26)28-22-24(19)18(14)5-4-12-23(3,29-22)30-31-24/h7-10,14-15,18-19,21-22H,4-6,11-13H2,1-3H3,(H,25,26)/t14-,15-,18+,19+,21-,22-,23+,24-/m1/s1. The van der Waals surface area contributed by atoms with Crippen LogP contribution in [0.25, 0.3) is 0 Å². The molecule has 0 aromatic heterocycles. The van der Waals surface area contributed by atoms with Crippen molar-refractivity contribution in [3.63, 3.8) is 0 Å². The highest BCUT2D eigenvalue weighted by Crippen LogP contribution is 2.59. The van der Waals surface area contributed by atoms with Crippen molar-refractivity contribution in [3.05, 3.63) is 35.4 Å². The lowest BCUT2D eigenvalue weighted by atomic mass is 9.57. The van der Waals surface area contributed by atoms with Gasteiger partial charge in [-0.1, -0.05) is 26.0 Å². The molecule has 1 N–H and O–H groups in total. The predicted octanol–water partition coefficient (Wildman–Crippen LogP) is 4.50. The Morgan fingerprint density at radius 2 is 1.90 bits per heavy atom. The number of fused-ring (bicyclic) bond motifs is 3. The minimum atomic E-state index is -0.935. The zero-order valence-corrected chi connectivity index (χ0v) is 18.4. The Bertz CT molecular complexity index is 826. The number of carboxylic acids is 1. The van der Waals surface area contributed by atoms with Gasteiger partial charge in [0, 0.05) is 18.3 Å². The maximum Gasteiger partial charge on any atom is 0.335 e. The van der Waals surface area contributed by atoms with Gasteiger partial charge in [-0.25, -0.2) is 14.6 Å². The monoisotopic (exact) mass is 432 g/mol. The minimum absolute atomic E-state index is 0.112. The van der Waals surface area contributed by atoms with Crippen LogP contribution < -0.4 is 0 Å². The second kappa shape index (κ2) is 7.81. The van der Waals surface area contributed by atoms with Crippen molar-refractivity contribution in [3.8, 4) is 0 Å². The van der Waals surface area contributed by atoms with Crippen LogP contribution >= 0.6 is 0 Å². The number of rotatable bonds is 4. The van der Waals surface area contributed by atoms with E-state index in [1.54, 1.807) is 24.3 Å². The van der Waals surface area contributed by atoms with Crippen molar-refractivity contribution in [2.24, 2.45) is 23.7 Å². The van der Waals surface area contributed by atoms with Gasteiger partial charge in [-0.3, -0.25) is 0 Å². The van der Waals surface area contributed by atoms with E-state index in [1.807, 2.05) is 6.92 Å². The van der Waals surface area contributed by atoms with E-state index in [0.29, 0.717) is 18.4 Å². The van der Waals surface area contributed by atoms with E-state index in [4.69, 9.17) is 29.1 Å². The molecular weight excluding hydrogens is 400 g/mol. The third-order valence-corrected chi connectivity index (χ3v) is 7.95. The normalized spacial score (nSPS) is 44.2. The van der Waals surface area contributed by atoms with E-state index in [9.17, 15) is 4.79 Å². The molecule has 4 saturated heterocycles. The van der Waals surface area contributed by atoms with Gasteiger partial charge in [0.25, 0.3) is 0 Å². The number of benzene rings is 1. The van der Waals surface area contributed by atoms with Crippen molar-refractivity contribution in [2.75, 3.05) is 0 Å². The number of hydrogen-bond acceptors (Lipinski definition) is 6. The van der Waals surface area contributed by atoms with Gasteiger partial charge in [-0.05, 0) is 62.1 Å². The van der Waals surface area contributed by atoms with E-state index in [0.717, 1.165) is 37.7 Å². The molecule has 5 fully saturated rings. The first kappa shape index (κ1) is 21.3. The van der Waals surface area contributed by atoms with Crippen LogP contribution in [-0.4, -0.2) is 35.0 Å². The quantitative estimate of drug-likeness (QED) is 0.702. The second-order valence-electron chi connectivity index (χ2n) is 9.94. The Labute approximate surface area is 182 Å². The van der Waals surface area contributed by atoms with Crippen LogP contribution in [0, 0.1) is 23.7 Å². The fourth-order valence-electron chi connectivity index (χ4n) is 6.21.